The van der Waals surface area contributed by atoms with E-state index in [2.05, 4.69) is 25.2 Å². The summed E-state index contributed by atoms with van der Waals surface area (Å²) in [5.41, 5.74) is 2.05. The summed E-state index contributed by atoms with van der Waals surface area (Å²) in [5.74, 6) is 2.13. The van der Waals surface area contributed by atoms with Gasteiger partial charge in [0.2, 0.25) is 0 Å². The molecule has 0 heterocycles. The topological polar surface area (TPSA) is 0 Å². The summed E-state index contributed by atoms with van der Waals surface area (Å²) >= 11 is 5.78. The van der Waals surface area contributed by atoms with Gasteiger partial charge in [-0.05, 0) is 60.3 Å². The first-order valence-electron chi connectivity index (χ1n) is 10.0. The zero-order chi connectivity index (χ0) is 17.6. The fraction of sp³-hybridized carbons (Fsp3) is 0.565. The summed E-state index contributed by atoms with van der Waals surface area (Å²) < 4.78 is 13.7. The van der Waals surface area contributed by atoms with Crippen molar-refractivity contribution in [2.24, 2.45) is 17.8 Å². The van der Waals surface area contributed by atoms with E-state index in [-0.39, 0.29) is 10.8 Å². The lowest BCUT2D eigenvalue weighted by molar-refractivity contribution is 0.219. The monoisotopic (exact) mass is 360 g/mol. The lowest BCUT2D eigenvalue weighted by atomic mass is 9.72. The number of unbranched alkanes of at least 4 members (excludes halogenated alkanes) is 2. The number of rotatable bonds is 6. The highest BCUT2D eigenvalue weighted by Crippen LogP contribution is 2.39. The van der Waals surface area contributed by atoms with E-state index < -0.39 is 0 Å². The molecular weight excluding hydrogens is 331 g/mol. The summed E-state index contributed by atoms with van der Waals surface area (Å²) in [5, 5.41) is 0.192. The fourth-order valence-electron chi connectivity index (χ4n) is 4.46. The Bertz CT molecular complexity index is 623. The third kappa shape index (κ3) is 4.97. The predicted octanol–water partition coefficient (Wildman–Crippen LogP) is 7.83. The second-order valence-corrected chi connectivity index (χ2v) is 8.23. The maximum Gasteiger partial charge on any atom is 0.142 e. The molecule has 0 aliphatic heterocycles. The van der Waals surface area contributed by atoms with Gasteiger partial charge in [0.05, 0.1) is 5.02 Å². The smallest absolute Gasteiger partial charge is 0.142 e. The van der Waals surface area contributed by atoms with Crippen molar-refractivity contribution in [3.8, 4) is 0 Å². The van der Waals surface area contributed by atoms with Gasteiger partial charge in [-0.2, -0.15) is 0 Å². The molecule has 1 atom stereocenters. The summed E-state index contributed by atoms with van der Waals surface area (Å²) in [4.78, 5) is 0. The Kier molecular flexibility index (Phi) is 6.76. The molecule has 0 bridgehead atoms. The molecule has 1 aromatic carbocycles. The molecular formula is C23H30ClF. The zero-order valence-corrected chi connectivity index (χ0v) is 16.1. The van der Waals surface area contributed by atoms with Gasteiger partial charge >= 0.3 is 0 Å². The van der Waals surface area contributed by atoms with Gasteiger partial charge in [0.1, 0.15) is 5.82 Å². The third-order valence-electron chi connectivity index (χ3n) is 6.10. The van der Waals surface area contributed by atoms with Gasteiger partial charge < -0.3 is 0 Å². The summed E-state index contributed by atoms with van der Waals surface area (Å²) in [6.07, 6.45) is 19.1. The van der Waals surface area contributed by atoms with Crippen molar-refractivity contribution in [1.82, 2.24) is 0 Å². The second-order valence-electron chi connectivity index (χ2n) is 7.82. The maximum absolute atomic E-state index is 13.7. The van der Waals surface area contributed by atoms with Crippen LogP contribution in [0.1, 0.15) is 70.3 Å². The number of benzene rings is 1. The molecule has 2 aliphatic rings. The van der Waals surface area contributed by atoms with Crippen molar-refractivity contribution in [2.45, 2.75) is 64.7 Å². The van der Waals surface area contributed by atoms with Crippen LogP contribution in [0.15, 0.2) is 36.4 Å². The molecule has 1 unspecified atom stereocenters. The van der Waals surface area contributed by atoms with Gasteiger partial charge in [0, 0.05) is 0 Å². The molecule has 25 heavy (non-hydrogen) atoms. The van der Waals surface area contributed by atoms with Gasteiger partial charge in [-0.3, -0.25) is 0 Å². The van der Waals surface area contributed by atoms with Crippen molar-refractivity contribution >= 4 is 17.2 Å². The Morgan fingerprint density at radius 1 is 1.12 bits per heavy atom. The third-order valence-corrected chi connectivity index (χ3v) is 6.41. The molecule has 0 spiro atoms. The van der Waals surface area contributed by atoms with Crippen LogP contribution in [0, 0.1) is 23.6 Å². The molecule has 2 aliphatic carbocycles. The molecule has 1 saturated carbocycles. The molecule has 136 valence electrons. The minimum Gasteiger partial charge on any atom is -0.205 e. The van der Waals surface area contributed by atoms with Gasteiger partial charge in [0.25, 0.3) is 0 Å². The second kappa shape index (κ2) is 9.03. The Balaban J connectivity index is 1.50. The van der Waals surface area contributed by atoms with Crippen LogP contribution in [-0.4, -0.2) is 0 Å². The lowest BCUT2D eigenvalue weighted by Crippen LogP contribution is -2.21. The van der Waals surface area contributed by atoms with E-state index in [0.29, 0.717) is 5.92 Å². The Hall–Kier alpha value is -1.08. The molecule has 0 aromatic heterocycles. The van der Waals surface area contributed by atoms with Crippen LogP contribution in [0.3, 0.4) is 0 Å². The van der Waals surface area contributed by atoms with Crippen LogP contribution in [0.4, 0.5) is 4.39 Å². The van der Waals surface area contributed by atoms with Crippen LogP contribution in [-0.2, 0) is 0 Å². The molecule has 1 fully saturated rings. The molecule has 0 nitrogen and oxygen atoms in total. The summed E-state index contributed by atoms with van der Waals surface area (Å²) in [6, 6.07) is 5.09. The Labute approximate surface area is 157 Å². The lowest BCUT2D eigenvalue weighted by Gasteiger charge is -2.33. The SMILES string of the molecule is CCCCCC1CCC(C2C=CC(c3ccc(Cl)c(F)c3)=CC2)CC1. The standard InChI is InChI=1S/C23H30ClF/c1-2-3-4-5-17-6-8-18(9-7-17)19-10-12-20(13-11-19)21-14-15-22(24)23(25)16-21/h10,12-19H,2-9,11H2,1H3. The average molecular weight is 361 g/mol. The van der Waals surface area contributed by atoms with Crippen molar-refractivity contribution in [2.75, 3.05) is 0 Å². The van der Waals surface area contributed by atoms with Crippen LogP contribution >= 0.6 is 11.6 Å². The minimum atomic E-state index is -0.336. The van der Waals surface area contributed by atoms with Crippen molar-refractivity contribution in [3.63, 3.8) is 0 Å². The Morgan fingerprint density at radius 2 is 1.92 bits per heavy atom. The van der Waals surface area contributed by atoms with Gasteiger partial charge in [-0.15, -0.1) is 0 Å². The average Bonchev–Trinajstić information content (AvgIpc) is 2.65. The molecule has 0 amide bonds. The highest BCUT2D eigenvalue weighted by atomic mass is 35.5. The van der Waals surface area contributed by atoms with Crippen LogP contribution < -0.4 is 0 Å². The first-order valence-corrected chi connectivity index (χ1v) is 10.4. The first kappa shape index (κ1) is 18.7. The summed E-state index contributed by atoms with van der Waals surface area (Å²) in [7, 11) is 0. The van der Waals surface area contributed by atoms with Crippen LogP contribution in [0.2, 0.25) is 5.02 Å². The molecule has 0 saturated heterocycles. The first-order chi connectivity index (χ1) is 12.2. The molecule has 1 aromatic rings. The van der Waals surface area contributed by atoms with Crippen molar-refractivity contribution < 1.29 is 4.39 Å². The number of hydrogen-bond donors (Lipinski definition) is 0. The molecule has 0 radical (unpaired) electrons. The van der Waals surface area contributed by atoms with E-state index in [9.17, 15) is 4.39 Å². The minimum absolute atomic E-state index is 0.192. The van der Waals surface area contributed by atoms with E-state index >= 15 is 0 Å². The predicted molar refractivity (Wildman–Crippen MR) is 106 cm³/mol. The van der Waals surface area contributed by atoms with E-state index in [4.69, 9.17) is 11.6 Å². The largest absolute Gasteiger partial charge is 0.205 e. The van der Waals surface area contributed by atoms with E-state index in [1.165, 1.54) is 51.4 Å². The molecule has 2 heteroatoms. The zero-order valence-electron chi connectivity index (χ0n) is 15.3. The summed E-state index contributed by atoms with van der Waals surface area (Å²) in [6.45, 7) is 2.28. The van der Waals surface area contributed by atoms with E-state index in [1.54, 1.807) is 12.1 Å². The van der Waals surface area contributed by atoms with Crippen LogP contribution in [0.5, 0.6) is 0 Å². The van der Waals surface area contributed by atoms with E-state index in [1.807, 2.05) is 6.07 Å². The molecule has 3 rings (SSSR count). The highest BCUT2D eigenvalue weighted by Gasteiger charge is 2.26. The number of halogens is 2. The fourth-order valence-corrected chi connectivity index (χ4v) is 4.58. The quantitative estimate of drug-likeness (QED) is 0.453. The van der Waals surface area contributed by atoms with Gasteiger partial charge in [-0.25, -0.2) is 4.39 Å². The maximum atomic E-state index is 13.7. The van der Waals surface area contributed by atoms with Gasteiger partial charge in [-0.1, -0.05) is 81.3 Å². The highest BCUT2D eigenvalue weighted by molar-refractivity contribution is 6.30. The molecule has 0 N–H and O–H groups in total. The normalized spacial score (nSPS) is 26.5. The number of hydrogen-bond acceptors (Lipinski definition) is 0. The Morgan fingerprint density at radius 3 is 2.56 bits per heavy atom. The van der Waals surface area contributed by atoms with Gasteiger partial charge in [0.15, 0.2) is 0 Å². The van der Waals surface area contributed by atoms with Crippen LogP contribution in [0.25, 0.3) is 5.57 Å². The van der Waals surface area contributed by atoms with Crippen molar-refractivity contribution in [1.29, 1.82) is 0 Å². The van der Waals surface area contributed by atoms with E-state index in [0.717, 1.165) is 29.4 Å². The number of allylic oxidation sites excluding steroid dienone is 4. The van der Waals surface area contributed by atoms with Crippen molar-refractivity contribution in [3.05, 3.63) is 52.8 Å².